The predicted octanol–water partition coefficient (Wildman–Crippen LogP) is 4.82. The molecule has 1 heterocycles. The second kappa shape index (κ2) is 12.1. The van der Waals surface area contributed by atoms with Gasteiger partial charge in [0.25, 0.3) is 0 Å². The van der Waals surface area contributed by atoms with Crippen LogP contribution in [-0.4, -0.2) is 28.0 Å². The summed E-state index contributed by atoms with van der Waals surface area (Å²) >= 11 is 0. The van der Waals surface area contributed by atoms with Crippen LogP contribution in [0.5, 0.6) is 0 Å². The van der Waals surface area contributed by atoms with E-state index in [9.17, 15) is 4.79 Å². The fourth-order valence-corrected chi connectivity index (χ4v) is 4.43. The number of benzene rings is 3. The van der Waals surface area contributed by atoms with Crippen molar-refractivity contribution >= 4 is 16.7 Å². The Morgan fingerprint density at radius 3 is 2.64 bits per heavy atom. The summed E-state index contributed by atoms with van der Waals surface area (Å²) in [6, 6.07) is 24.4. The van der Waals surface area contributed by atoms with Gasteiger partial charge in [0.05, 0.1) is 24.4 Å². The maximum atomic E-state index is 13.0. The summed E-state index contributed by atoms with van der Waals surface area (Å²) in [6.45, 7) is 6.40. The Kier molecular flexibility index (Phi) is 8.48. The second-order valence-electron chi connectivity index (χ2n) is 9.33. The summed E-state index contributed by atoms with van der Waals surface area (Å²) in [6.07, 6.45) is 4.75. The fourth-order valence-electron chi connectivity index (χ4n) is 4.43. The molecule has 0 aliphatic carbocycles. The minimum absolute atomic E-state index is 0.00570. The maximum Gasteiger partial charge on any atom is 0.226 e. The van der Waals surface area contributed by atoms with Gasteiger partial charge >= 0.3 is 0 Å². The quantitative estimate of drug-likeness (QED) is 0.323. The Hall–Kier alpha value is -3.95. The summed E-state index contributed by atoms with van der Waals surface area (Å²) in [4.78, 5) is 17.3. The highest BCUT2D eigenvalue weighted by Gasteiger charge is 2.19. The molecule has 3 aromatic carbocycles. The fraction of sp³-hybridized carbons (Fsp3) is 0.300. The average molecular weight is 480 g/mol. The van der Waals surface area contributed by atoms with Gasteiger partial charge in [-0.05, 0) is 39.9 Å². The summed E-state index contributed by atoms with van der Waals surface area (Å²) < 4.78 is 1.98. The number of rotatable bonds is 11. The molecule has 2 unspecified atom stereocenters. The van der Waals surface area contributed by atoms with Gasteiger partial charge in [0.15, 0.2) is 0 Å². The molecule has 0 aliphatic heterocycles. The molecule has 4 aromatic rings. The molecule has 6 heteroatoms. The number of nitriles is 1. The van der Waals surface area contributed by atoms with E-state index in [0.717, 1.165) is 24.2 Å². The molecule has 36 heavy (non-hydrogen) atoms. The molecular weight excluding hydrogens is 446 g/mol. The lowest BCUT2D eigenvalue weighted by molar-refractivity contribution is -0.121. The number of aromatic nitrogens is 2. The first kappa shape index (κ1) is 25.2. The summed E-state index contributed by atoms with van der Waals surface area (Å²) in [5.41, 5.74) is 3.82. The molecule has 184 valence electrons. The third kappa shape index (κ3) is 6.38. The number of nitrogens with zero attached hydrogens (tertiary/aromatic N) is 3. The van der Waals surface area contributed by atoms with Crippen LogP contribution in [0.4, 0.5) is 0 Å². The van der Waals surface area contributed by atoms with E-state index in [1.165, 1.54) is 16.3 Å². The number of fused-ring (bicyclic) bond motifs is 1. The van der Waals surface area contributed by atoms with Gasteiger partial charge in [-0.3, -0.25) is 4.79 Å². The van der Waals surface area contributed by atoms with E-state index in [1.807, 2.05) is 16.7 Å². The zero-order chi connectivity index (χ0) is 25.3. The third-order valence-corrected chi connectivity index (χ3v) is 6.81. The number of hydrogen-bond acceptors (Lipinski definition) is 4. The molecule has 1 aromatic heterocycles. The van der Waals surface area contributed by atoms with Crippen LogP contribution >= 0.6 is 0 Å². The van der Waals surface area contributed by atoms with Gasteiger partial charge < -0.3 is 15.2 Å². The molecule has 0 fully saturated rings. The Labute approximate surface area is 213 Å². The number of nitrogens with one attached hydrogen (secondary N) is 2. The molecule has 0 radical (unpaired) electrons. The standard InChI is InChI=1S/C30H33N5O/c1-3-22(2)29(19-32-17-26-9-6-8-25-7-4-5-10-28(25)26)34-30(36)15-27-18-33-21-35(27)20-24-13-11-23(16-31)12-14-24/h4-14,18,21-22,29,32H,3,15,17,19-20H2,1-2H3,(H,34,36). The van der Waals surface area contributed by atoms with Crippen LogP contribution in [-0.2, 0) is 24.3 Å². The van der Waals surface area contributed by atoms with E-state index < -0.39 is 0 Å². The average Bonchev–Trinajstić information content (AvgIpc) is 3.34. The van der Waals surface area contributed by atoms with Crippen molar-refractivity contribution in [3.05, 3.63) is 102 Å². The predicted molar refractivity (Wildman–Crippen MR) is 143 cm³/mol. The highest BCUT2D eigenvalue weighted by molar-refractivity contribution is 5.85. The molecule has 0 saturated heterocycles. The Morgan fingerprint density at radius 2 is 1.86 bits per heavy atom. The zero-order valence-electron chi connectivity index (χ0n) is 20.9. The Morgan fingerprint density at radius 1 is 1.08 bits per heavy atom. The topological polar surface area (TPSA) is 82.7 Å². The first-order chi connectivity index (χ1) is 17.6. The minimum atomic E-state index is -0.00570. The molecule has 2 atom stereocenters. The Bertz CT molecular complexity index is 1330. The van der Waals surface area contributed by atoms with Crippen LogP contribution in [0.25, 0.3) is 10.8 Å². The normalized spacial score (nSPS) is 12.7. The smallest absolute Gasteiger partial charge is 0.226 e. The highest BCUT2D eigenvalue weighted by Crippen LogP contribution is 2.18. The SMILES string of the molecule is CCC(C)C(CNCc1cccc2ccccc12)NC(=O)Cc1cncn1Cc1ccc(C#N)cc1. The Balaban J connectivity index is 1.35. The molecule has 4 rings (SSSR count). The van der Waals surface area contributed by atoms with Gasteiger partial charge in [-0.1, -0.05) is 74.9 Å². The second-order valence-corrected chi connectivity index (χ2v) is 9.33. The first-order valence-electron chi connectivity index (χ1n) is 12.5. The van der Waals surface area contributed by atoms with Gasteiger partial charge in [-0.15, -0.1) is 0 Å². The van der Waals surface area contributed by atoms with Gasteiger partial charge in [-0.25, -0.2) is 4.98 Å². The molecule has 0 bridgehead atoms. The lowest BCUT2D eigenvalue weighted by Gasteiger charge is -2.25. The lowest BCUT2D eigenvalue weighted by Crippen LogP contribution is -2.46. The zero-order valence-corrected chi connectivity index (χ0v) is 20.9. The van der Waals surface area contributed by atoms with Gasteiger partial charge in [0.2, 0.25) is 5.91 Å². The molecular formula is C30H33N5O. The van der Waals surface area contributed by atoms with Gasteiger partial charge in [0.1, 0.15) is 0 Å². The minimum Gasteiger partial charge on any atom is -0.351 e. The van der Waals surface area contributed by atoms with E-state index in [-0.39, 0.29) is 18.4 Å². The first-order valence-corrected chi connectivity index (χ1v) is 12.5. The lowest BCUT2D eigenvalue weighted by atomic mass is 9.98. The molecule has 0 saturated carbocycles. The van der Waals surface area contributed by atoms with E-state index in [1.54, 1.807) is 24.7 Å². The van der Waals surface area contributed by atoms with E-state index >= 15 is 0 Å². The number of amides is 1. The molecule has 1 amide bonds. The number of hydrogen-bond donors (Lipinski definition) is 2. The molecule has 0 aliphatic rings. The largest absolute Gasteiger partial charge is 0.351 e. The molecule has 2 N–H and O–H groups in total. The summed E-state index contributed by atoms with van der Waals surface area (Å²) in [5.74, 6) is 0.339. The van der Waals surface area contributed by atoms with E-state index in [4.69, 9.17) is 5.26 Å². The van der Waals surface area contributed by atoms with Crippen LogP contribution in [0.3, 0.4) is 0 Å². The maximum absolute atomic E-state index is 13.0. The van der Waals surface area contributed by atoms with Crippen molar-refractivity contribution in [2.75, 3.05) is 6.54 Å². The van der Waals surface area contributed by atoms with Gasteiger partial charge in [-0.2, -0.15) is 5.26 Å². The third-order valence-electron chi connectivity index (χ3n) is 6.81. The van der Waals surface area contributed by atoms with Crippen LogP contribution in [0.1, 0.15) is 42.7 Å². The van der Waals surface area contributed by atoms with Crippen molar-refractivity contribution in [2.45, 2.75) is 45.8 Å². The summed E-state index contributed by atoms with van der Waals surface area (Å²) in [5, 5.41) is 18.3. The summed E-state index contributed by atoms with van der Waals surface area (Å²) in [7, 11) is 0. The van der Waals surface area contributed by atoms with Crippen molar-refractivity contribution in [3.63, 3.8) is 0 Å². The highest BCUT2D eigenvalue weighted by atomic mass is 16.1. The number of imidazole rings is 1. The van der Waals surface area contributed by atoms with Gasteiger partial charge in [0, 0.05) is 37.6 Å². The van der Waals surface area contributed by atoms with Crippen LogP contribution < -0.4 is 10.6 Å². The van der Waals surface area contributed by atoms with E-state index in [2.05, 4.69) is 78.0 Å². The monoisotopic (exact) mass is 479 g/mol. The number of carbonyl (C=O) groups excluding carboxylic acids is 1. The molecule has 0 spiro atoms. The van der Waals surface area contributed by atoms with Crippen molar-refractivity contribution in [1.82, 2.24) is 20.2 Å². The number of carbonyl (C=O) groups is 1. The van der Waals surface area contributed by atoms with Crippen molar-refractivity contribution in [3.8, 4) is 6.07 Å². The van der Waals surface area contributed by atoms with Crippen LogP contribution in [0, 0.1) is 17.2 Å². The van der Waals surface area contributed by atoms with E-state index in [0.29, 0.717) is 24.6 Å². The molecule has 6 nitrogen and oxygen atoms in total. The van der Waals surface area contributed by atoms with Crippen molar-refractivity contribution in [1.29, 1.82) is 5.26 Å². The van der Waals surface area contributed by atoms with Crippen LogP contribution in [0.15, 0.2) is 79.3 Å². The van der Waals surface area contributed by atoms with Crippen LogP contribution in [0.2, 0.25) is 0 Å². The van der Waals surface area contributed by atoms with Crippen molar-refractivity contribution in [2.24, 2.45) is 5.92 Å². The van der Waals surface area contributed by atoms with Crippen molar-refractivity contribution < 1.29 is 4.79 Å².